The van der Waals surface area contributed by atoms with Crippen LogP contribution in [-0.4, -0.2) is 19.9 Å². The lowest BCUT2D eigenvalue weighted by Crippen LogP contribution is -2.14. The van der Waals surface area contributed by atoms with E-state index in [-0.39, 0.29) is 11.5 Å². The van der Waals surface area contributed by atoms with Crippen molar-refractivity contribution in [2.24, 2.45) is 0 Å². The summed E-state index contributed by atoms with van der Waals surface area (Å²) < 4.78 is 0. The smallest absolute Gasteiger partial charge is 0.252 e. The van der Waals surface area contributed by atoms with Gasteiger partial charge in [0, 0.05) is 18.2 Å². The molecule has 6 heteroatoms. The molecule has 100 valence electrons. The summed E-state index contributed by atoms with van der Waals surface area (Å²) in [6.45, 7) is 6.31. The van der Waals surface area contributed by atoms with Crippen LogP contribution in [0.4, 0.5) is 5.82 Å². The molecule has 0 radical (unpaired) electrons. The molecule has 0 bridgehead atoms. The molecule has 2 heterocycles. The lowest BCUT2D eigenvalue weighted by molar-refractivity contribution is 0.766. The molecule has 0 aromatic carbocycles. The second-order valence-electron chi connectivity index (χ2n) is 4.62. The number of nitrogens with one attached hydrogen (secondary N) is 2. The van der Waals surface area contributed by atoms with Gasteiger partial charge in [-0.2, -0.15) is 0 Å². The highest BCUT2D eigenvalue weighted by Crippen LogP contribution is 2.09. The zero-order valence-electron chi connectivity index (χ0n) is 11.3. The van der Waals surface area contributed by atoms with E-state index in [0.717, 1.165) is 11.5 Å². The third kappa shape index (κ3) is 3.61. The molecule has 0 amide bonds. The third-order valence-electron chi connectivity index (χ3n) is 2.59. The fraction of sp³-hybridized carbons (Fsp3) is 0.385. The molecule has 0 aliphatic heterocycles. The Kier molecular flexibility index (Phi) is 3.89. The molecule has 0 saturated heterocycles. The maximum atomic E-state index is 11.5. The van der Waals surface area contributed by atoms with E-state index in [4.69, 9.17) is 0 Å². The molecule has 0 aliphatic carbocycles. The second kappa shape index (κ2) is 5.60. The van der Waals surface area contributed by atoms with Crippen molar-refractivity contribution in [2.45, 2.75) is 33.2 Å². The van der Waals surface area contributed by atoms with Crippen LogP contribution in [0.2, 0.25) is 0 Å². The summed E-state index contributed by atoms with van der Waals surface area (Å²) >= 11 is 0. The van der Waals surface area contributed by atoms with Crippen LogP contribution in [0.5, 0.6) is 0 Å². The fourth-order valence-electron chi connectivity index (χ4n) is 1.63. The average molecular weight is 259 g/mol. The number of nitrogens with zero attached hydrogens (tertiary/aromatic N) is 3. The number of hydrogen-bond acceptors (Lipinski definition) is 5. The zero-order valence-corrected chi connectivity index (χ0v) is 11.3. The quantitative estimate of drug-likeness (QED) is 0.871. The van der Waals surface area contributed by atoms with Gasteiger partial charge in [-0.1, -0.05) is 13.8 Å². The van der Waals surface area contributed by atoms with Gasteiger partial charge in [-0.3, -0.25) is 4.79 Å². The van der Waals surface area contributed by atoms with Gasteiger partial charge in [-0.25, -0.2) is 15.0 Å². The molecule has 2 aromatic heterocycles. The summed E-state index contributed by atoms with van der Waals surface area (Å²) in [7, 11) is 0. The van der Waals surface area contributed by atoms with Crippen LogP contribution in [0.1, 0.15) is 37.1 Å². The summed E-state index contributed by atoms with van der Waals surface area (Å²) in [5, 5.41) is 3.10. The number of aryl methyl sites for hydroxylation is 1. The molecule has 0 saturated carbocycles. The Morgan fingerprint density at radius 2 is 2.16 bits per heavy atom. The van der Waals surface area contributed by atoms with Crippen molar-refractivity contribution in [3.8, 4) is 0 Å². The standard InChI is InChI=1S/C13H17N5O/c1-8(2)13-17-11(6-12(19)18-13)15-7-10-4-5-14-9(3)16-10/h4-6,8H,7H2,1-3H3,(H2,15,17,18,19). The number of aromatic amines is 1. The highest BCUT2D eigenvalue weighted by Gasteiger charge is 2.05. The molecule has 6 nitrogen and oxygen atoms in total. The molecule has 0 spiro atoms. The van der Waals surface area contributed by atoms with Crippen LogP contribution in [0.15, 0.2) is 23.1 Å². The van der Waals surface area contributed by atoms with Crippen LogP contribution >= 0.6 is 0 Å². The molecule has 19 heavy (non-hydrogen) atoms. The van der Waals surface area contributed by atoms with Gasteiger partial charge in [-0.05, 0) is 13.0 Å². The summed E-state index contributed by atoms with van der Waals surface area (Å²) in [5.74, 6) is 2.13. The van der Waals surface area contributed by atoms with Gasteiger partial charge in [-0.15, -0.1) is 0 Å². The Balaban J connectivity index is 2.13. The monoisotopic (exact) mass is 259 g/mol. The largest absolute Gasteiger partial charge is 0.364 e. The van der Waals surface area contributed by atoms with Crippen LogP contribution in [0.3, 0.4) is 0 Å². The predicted molar refractivity (Wildman–Crippen MR) is 73.0 cm³/mol. The summed E-state index contributed by atoms with van der Waals surface area (Å²) in [4.78, 5) is 26.9. The lowest BCUT2D eigenvalue weighted by Gasteiger charge is -2.08. The third-order valence-corrected chi connectivity index (χ3v) is 2.59. The molecular weight excluding hydrogens is 242 g/mol. The van der Waals surface area contributed by atoms with E-state index in [1.165, 1.54) is 6.07 Å². The van der Waals surface area contributed by atoms with E-state index in [1.54, 1.807) is 6.20 Å². The van der Waals surface area contributed by atoms with Crippen molar-refractivity contribution in [3.63, 3.8) is 0 Å². The zero-order chi connectivity index (χ0) is 13.8. The minimum absolute atomic E-state index is 0.153. The molecular formula is C13H17N5O. The predicted octanol–water partition coefficient (Wildman–Crippen LogP) is 1.60. The van der Waals surface area contributed by atoms with E-state index < -0.39 is 0 Å². The van der Waals surface area contributed by atoms with Gasteiger partial charge in [0.25, 0.3) is 5.56 Å². The van der Waals surface area contributed by atoms with Crippen molar-refractivity contribution >= 4 is 5.82 Å². The Morgan fingerprint density at radius 3 is 2.84 bits per heavy atom. The van der Waals surface area contributed by atoms with E-state index in [9.17, 15) is 4.79 Å². The van der Waals surface area contributed by atoms with Gasteiger partial charge >= 0.3 is 0 Å². The molecule has 2 rings (SSSR count). The molecule has 0 unspecified atom stereocenters. The Bertz CT molecular complexity index is 620. The molecule has 2 N–H and O–H groups in total. The molecule has 2 aromatic rings. The first-order valence-electron chi connectivity index (χ1n) is 6.18. The highest BCUT2D eigenvalue weighted by atomic mass is 16.1. The average Bonchev–Trinajstić information content (AvgIpc) is 2.36. The van der Waals surface area contributed by atoms with E-state index in [2.05, 4.69) is 25.3 Å². The topological polar surface area (TPSA) is 83.6 Å². The van der Waals surface area contributed by atoms with Crippen molar-refractivity contribution in [1.29, 1.82) is 0 Å². The van der Waals surface area contributed by atoms with Crippen LogP contribution < -0.4 is 10.9 Å². The number of rotatable bonds is 4. The first kappa shape index (κ1) is 13.2. The Labute approximate surface area is 111 Å². The van der Waals surface area contributed by atoms with E-state index in [1.807, 2.05) is 26.8 Å². The van der Waals surface area contributed by atoms with Crippen molar-refractivity contribution < 1.29 is 0 Å². The number of H-pyrrole nitrogens is 1. The van der Waals surface area contributed by atoms with Gasteiger partial charge < -0.3 is 10.3 Å². The van der Waals surface area contributed by atoms with Gasteiger partial charge in [0.2, 0.25) is 0 Å². The van der Waals surface area contributed by atoms with E-state index in [0.29, 0.717) is 18.2 Å². The van der Waals surface area contributed by atoms with E-state index >= 15 is 0 Å². The molecule has 0 fully saturated rings. The van der Waals surface area contributed by atoms with Gasteiger partial charge in [0.05, 0.1) is 12.2 Å². The second-order valence-corrected chi connectivity index (χ2v) is 4.62. The van der Waals surface area contributed by atoms with Gasteiger partial charge in [0.15, 0.2) is 0 Å². The Morgan fingerprint density at radius 1 is 1.37 bits per heavy atom. The van der Waals surface area contributed by atoms with Crippen LogP contribution in [-0.2, 0) is 6.54 Å². The van der Waals surface area contributed by atoms with Crippen molar-refractivity contribution in [3.05, 3.63) is 46.0 Å². The SMILES string of the molecule is Cc1nccc(CNc2cc(=O)[nH]c(C(C)C)n2)n1. The van der Waals surface area contributed by atoms with Crippen LogP contribution in [0, 0.1) is 6.92 Å². The fourth-order valence-corrected chi connectivity index (χ4v) is 1.63. The summed E-state index contributed by atoms with van der Waals surface area (Å²) in [5.41, 5.74) is 0.709. The minimum atomic E-state index is -0.153. The maximum absolute atomic E-state index is 11.5. The van der Waals surface area contributed by atoms with Crippen molar-refractivity contribution in [1.82, 2.24) is 19.9 Å². The van der Waals surface area contributed by atoms with Gasteiger partial charge in [0.1, 0.15) is 17.5 Å². The summed E-state index contributed by atoms with van der Waals surface area (Å²) in [6, 6.07) is 3.27. The number of anilines is 1. The first-order valence-corrected chi connectivity index (χ1v) is 6.18. The highest BCUT2D eigenvalue weighted by molar-refractivity contribution is 5.33. The van der Waals surface area contributed by atoms with Crippen LogP contribution in [0.25, 0.3) is 0 Å². The summed E-state index contributed by atoms with van der Waals surface area (Å²) in [6.07, 6.45) is 1.71. The number of hydrogen-bond donors (Lipinski definition) is 2. The molecule has 0 atom stereocenters. The first-order chi connectivity index (χ1) is 9.04. The maximum Gasteiger partial charge on any atom is 0.252 e. The Hall–Kier alpha value is -2.24. The normalized spacial score (nSPS) is 10.7. The van der Waals surface area contributed by atoms with Crippen molar-refractivity contribution in [2.75, 3.05) is 5.32 Å². The lowest BCUT2D eigenvalue weighted by atomic mass is 10.2. The number of aromatic nitrogens is 4. The molecule has 0 aliphatic rings. The minimum Gasteiger partial charge on any atom is -0.364 e.